The number of hydrogen-bond donors (Lipinski definition) is 1. The van der Waals surface area contributed by atoms with Crippen LogP contribution in [0.5, 0.6) is 0 Å². The number of fused-ring (bicyclic) bond motifs is 2. The van der Waals surface area contributed by atoms with E-state index in [1.54, 1.807) is 18.3 Å². The predicted octanol–water partition coefficient (Wildman–Crippen LogP) is 1.41. The van der Waals surface area contributed by atoms with Crippen molar-refractivity contribution >= 4 is 11.6 Å². The van der Waals surface area contributed by atoms with Gasteiger partial charge in [-0.25, -0.2) is 0 Å². The van der Waals surface area contributed by atoms with Crippen LogP contribution in [0, 0.1) is 0 Å². The van der Waals surface area contributed by atoms with Crippen LogP contribution in [0.1, 0.15) is 27.9 Å². The normalized spacial score (nSPS) is 17.2. The van der Waals surface area contributed by atoms with Gasteiger partial charge in [-0.15, -0.1) is 5.10 Å². The van der Waals surface area contributed by atoms with Crippen LogP contribution in [0.15, 0.2) is 42.6 Å². The molecule has 0 unspecified atom stereocenters. The molecule has 6 nitrogen and oxygen atoms in total. The predicted molar refractivity (Wildman–Crippen MR) is 80.5 cm³/mol. The van der Waals surface area contributed by atoms with Gasteiger partial charge in [0.1, 0.15) is 0 Å². The molecule has 1 N–H and O–H groups in total. The lowest BCUT2D eigenvalue weighted by Crippen LogP contribution is -2.38. The standard InChI is InChI=1S/C16H15N5O/c22-16(13-6-8-15-18-19-20-21(15)10-13)17-14-7-5-11-3-1-2-4-12(11)9-14/h1-4,6,8,10,14H,5,7,9H2,(H,17,22)/t14-/m0/s1. The minimum Gasteiger partial charge on any atom is -0.349 e. The minimum atomic E-state index is -0.0817. The van der Waals surface area contributed by atoms with Crippen molar-refractivity contribution in [2.75, 3.05) is 0 Å². The van der Waals surface area contributed by atoms with Crippen molar-refractivity contribution in [2.45, 2.75) is 25.3 Å². The van der Waals surface area contributed by atoms with Crippen LogP contribution < -0.4 is 5.32 Å². The first-order valence-electron chi connectivity index (χ1n) is 7.35. The monoisotopic (exact) mass is 293 g/mol. The van der Waals surface area contributed by atoms with Gasteiger partial charge in [-0.05, 0) is 52.9 Å². The molecule has 3 aromatic rings. The van der Waals surface area contributed by atoms with Crippen LogP contribution in [0.2, 0.25) is 0 Å². The number of aromatic nitrogens is 4. The Hall–Kier alpha value is -2.76. The van der Waals surface area contributed by atoms with E-state index >= 15 is 0 Å². The highest BCUT2D eigenvalue weighted by Crippen LogP contribution is 2.21. The Kier molecular flexibility index (Phi) is 3.07. The maximum atomic E-state index is 12.4. The molecular weight excluding hydrogens is 278 g/mol. The fourth-order valence-corrected chi connectivity index (χ4v) is 2.97. The van der Waals surface area contributed by atoms with E-state index in [4.69, 9.17) is 0 Å². The number of carbonyl (C=O) groups excluding carboxylic acids is 1. The van der Waals surface area contributed by atoms with Crippen molar-refractivity contribution in [2.24, 2.45) is 0 Å². The van der Waals surface area contributed by atoms with Crippen molar-refractivity contribution < 1.29 is 4.79 Å². The summed E-state index contributed by atoms with van der Waals surface area (Å²) in [6.07, 6.45) is 4.51. The summed E-state index contributed by atoms with van der Waals surface area (Å²) in [7, 11) is 0. The molecule has 1 aromatic carbocycles. The first-order valence-corrected chi connectivity index (χ1v) is 7.35. The fraction of sp³-hybridized carbons (Fsp3) is 0.250. The van der Waals surface area contributed by atoms with E-state index in [1.165, 1.54) is 15.6 Å². The molecule has 1 amide bonds. The van der Waals surface area contributed by atoms with Gasteiger partial charge in [0, 0.05) is 12.2 Å². The highest BCUT2D eigenvalue weighted by Gasteiger charge is 2.20. The van der Waals surface area contributed by atoms with E-state index in [0.717, 1.165) is 19.3 Å². The molecule has 1 aliphatic carbocycles. The number of nitrogens with one attached hydrogen (secondary N) is 1. The van der Waals surface area contributed by atoms with Crippen LogP contribution in [0.4, 0.5) is 0 Å². The number of nitrogens with zero attached hydrogens (tertiary/aromatic N) is 4. The quantitative estimate of drug-likeness (QED) is 0.775. The number of aryl methyl sites for hydroxylation is 1. The highest BCUT2D eigenvalue weighted by atomic mass is 16.1. The molecule has 1 aliphatic rings. The zero-order chi connectivity index (χ0) is 14.9. The third-order valence-corrected chi connectivity index (χ3v) is 4.14. The summed E-state index contributed by atoms with van der Waals surface area (Å²) in [6.45, 7) is 0. The summed E-state index contributed by atoms with van der Waals surface area (Å²) in [5, 5.41) is 14.3. The summed E-state index contributed by atoms with van der Waals surface area (Å²) >= 11 is 0. The van der Waals surface area contributed by atoms with E-state index in [-0.39, 0.29) is 11.9 Å². The Morgan fingerprint density at radius 2 is 2.05 bits per heavy atom. The summed E-state index contributed by atoms with van der Waals surface area (Å²) in [5.41, 5.74) is 3.92. The molecule has 2 aromatic heterocycles. The number of hydrogen-bond acceptors (Lipinski definition) is 4. The van der Waals surface area contributed by atoms with E-state index in [0.29, 0.717) is 11.2 Å². The third kappa shape index (κ3) is 2.32. The van der Waals surface area contributed by atoms with Gasteiger partial charge >= 0.3 is 0 Å². The van der Waals surface area contributed by atoms with Gasteiger partial charge in [0.25, 0.3) is 5.91 Å². The van der Waals surface area contributed by atoms with E-state index in [9.17, 15) is 4.79 Å². The zero-order valence-corrected chi connectivity index (χ0v) is 11.9. The first-order chi connectivity index (χ1) is 10.8. The number of rotatable bonds is 2. The van der Waals surface area contributed by atoms with E-state index < -0.39 is 0 Å². The number of pyridine rings is 1. The number of carbonyl (C=O) groups is 1. The van der Waals surface area contributed by atoms with E-state index in [2.05, 4.69) is 45.1 Å². The first kappa shape index (κ1) is 12.9. The van der Waals surface area contributed by atoms with Gasteiger partial charge in [-0.2, -0.15) is 4.52 Å². The molecule has 2 heterocycles. The Bertz CT molecular complexity index is 841. The van der Waals surface area contributed by atoms with Crippen molar-refractivity contribution in [1.82, 2.24) is 25.4 Å². The average Bonchev–Trinajstić information content (AvgIpc) is 3.02. The number of benzene rings is 1. The van der Waals surface area contributed by atoms with Crippen molar-refractivity contribution in [3.63, 3.8) is 0 Å². The molecule has 0 saturated heterocycles. The molecule has 0 aliphatic heterocycles. The lowest BCUT2D eigenvalue weighted by Gasteiger charge is -2.25. The lowest BCUT2D eigenvalue weighted by atomic mass is 9.88. The Morgan fingerprint density at radius 3 is 2.95 bits per heavy atom. The lowest BCUT2D eigenvalue weighted by molar-refractivity contribution is 0.0933. The second-order valence-corrected chi connectivity index (χ2v) is 5.58. The van der Waals surface area contributed by atoms with Gasteiger partial charge in [-0.3, -0.25) is 4.79 Å². The van der Waals surface area contributed by atoms with Crippen LogP contribution in [-0.4, -0.2) is 32.0 Å². The maximum Gasteiger partial charge on any atom is 0.253 e. The molecule has 0 fully saturated rings. The minimum absolute atomic E-state index is 0.0817. The zero-order valence-electron chi connectivity index (χ0n) is 11.9. The molecule has 0 bridgehead atoms. The highest BCUT2D eigenvalue weighted by molar-refractivity contribution is 5.94. The third-order valence-electron chi connectivity index (χ3n) is 4.14. The van der Waals surface area contributed by atoms with Gasteiger partial charge in [0.05, 0.1) is 5.56 Å². The SMILES string of the molecule is O=C(N[C@H]1CCc2ccccc2C1)c1ccc2nnnn2c1. The smallest absolute Gasteiger partial charge is 0.253 e. The van der Waals surface area contributed by atoms with Crippen LogP contribution in [0.25, 0.3) is 5.65 Å². The molecule has 110 valence electrons. The molecule has 22 heavy (non-hydrogen) atoms. The summed E-state index contributed by atoms with van der Waals surface area (Å²) in [6, 6.07) is 12.1. The van der Waals surface area contributed by atoms with Crippen molar-refractivity contribution in [3.05, 3.63) is 59.3 Å². The largest absolute Gasteiger partial charge is 0.349 e. The molecule has 1 atom stereocenters. The second kappa shape index (κ2) is 5.22. The van der Waals surface area contributed by atoms with Crippen LogP contribution in [-0.2, 0) is 12.8 Å². The van der Waals surface area contributed by atoms with Crippen molar-refractivity contribution in [1.29, 1.82) is 0 Å². The summed E-state index contributed by atoms with van der Waals surface area (Å²) < 4.78 is 1.51. The summed E-state index contributed by atoms with van der Waals surface area (Å²) in [4.78, 5) is 12.4. The molecule has 0 radical (unpaired) electrons. The number of amides is 1. The Morgan fingerprint density at radius 1 is 1.18 bits per heavy atom. The van der Waals surface area contributed by atoms with E-state index in [1.807, 2.05) is 0 Å². The fourth-order valence-electron chi connectivity index (χ4n) is 2.97. The molecule has 0 saturated carbocycles. The van der Waals surface area contributed by atoms with Gasteiger partial charge in [0.2, 0.25) is 0 Å². The van der Waals surface area contributed by atoms with Crippen molar-refractivity contribution in [3.8, 4) is 0 Å². The van der Waals surface area contributed by atoms with Crippen LogP contribution in [0.3, 0.4) is 0 Å². The second-order valence-electron chi connectivity index (χ2n) is 5.58. The van der Waals surface area contributed by atoms with Gasteiger partial charge < -0.3 is 5.32 Å². The Labute approximate surface area is 127 Å². The molecular formula is C16H15N5O. The molecule has 0 spiro atoms. The average molecular weight is 293 g/mol. The van der Waals surface area contributed by atoms with Gasteiger partial charge in [0.15, 0.2) is 5.65 Å². The number of tetrazole rings is 1. The Balaban J connectivity index is 1.50. The molecule has 6 heteroatoms. The van der Waals surface area contributed by atoms with Gasteiger partial charge in [-0.1, -0.05) is 24.3 Å². The maximum absolute atomic E-state index is 12.4. The summed E-state index contributed by atoms with van der Waals surface area (Å²) in [5.74, 6) is -0.0817. The van der Waals surface area contributed by atoms with Crippen LogP contribution >= 0.6 is 0 Å². The molecule has 4 rings (SSSR count). The topological polar surface area (TPSA) is 72.2 Å².